The van der Waals surface area contributed by atoms with Gasteiger partial charge in [-0.25, -0.2) is 9.59 Å². The zero-order valence-corrected chi connectivity index (χ0v) is 14.2. The van der Waals surface area contributed by atoms with Gasteiger partial charge in [0.2, 0.25) is 0 Å². The van der Waals surface area contributed by atoms with Crippen molar-refractivity contribution in [1.82, 2.24) is 10.2 Å². The molecule has 2 heterocycles. The summed E-state index contributed by atoms with van der Waals surface area (Å²) in [5, 5.41) is 2.77. The zero-order chi connectivity index (χ0) is 17.3. The van der Waals surface area contributed by atoms with Gasteiger partial charge in [0.05, 0.1) is 12.2 Å². The molecule has 6 heteroatoms. The lowest BCUT2D eigenvalue weighted by Gasteiger charge is -2.45. The molecular formula is C18H22N2O4. The summed E-state index contributed by atoms with van der Waals surface area (Å²) in [6, 6.07) is 6.80. The number of benzene rings is 1. The monoisotopic (exact) mass is 330 g/mol. The van der Waals surface area contributed by atoms with Crippen molar-refractivity contribution < 1.29 is 19.1 Å². The number of ether oxygens (including phenoxy) is 2. The number of urea groups is 1. The molecule has 2 aliphatic heterocycles. The van der Waals surface area contributed by atoms with Crippen LogP contribution in [0.25, 0.3) is 0 Å². The van der Waals surface area contributed by atoms with Crippen LogP contribution >= 0.6 is 0 Å². The average molecular weight is 330 g/mol. The molecule has 2 unspecified atom stereocenters. The number of fused-ring (bicyclic) bond motifs is 3. The van der Waals surface area contributed by atoms with E-state index in [1.807, 2.05) is 31.2 Å². The van der Waals surface area contributed by atoms with E-state index in [1.54, 1.807) is 18.7 Å². The van der Waals surface area contributed by atoms with Crippen molar-refractivity contribution in [2.24, 2.45) is 0 Å². The van der Waals surface area contributed by atoms with Gasteiger partial charge in [0.15, 0.2) is 6.23 Å². The highest BCUT2D eigenvalue weighted by atomic mass is 16.5. The van der Waals surface area contributed by atoms with E-state index in [0.717, 1.165) is 12.0 Å². The Bertz CT molecular complexity index is 698. The van der Waals surface area contributed by atoms with Gasteiger partial charge in [0.1, 0.15) is 11.8 Å². The Balaban J connectivity index is 2.15. The molecule has 0 radical (unpaired) electrons. The first-order chi connectivity index (χ1) is 11.6. The van der Waals surface area contributed by atoms with Crippen LogP contribution in [-0.2, 0) is 9.53 Å². The lowest BCUT2D eigenvalue weighted by Crippen LogP contribution is -2.56. The first-order valence-electron chi connectivity index (χ1n) is 8.31. The van der Waals surface area contributed by atoms with E-state index < -0.39 is 18.2 Å². The van der Waals surface area contributed by atoms with Crippen LogP contribution in [0.4, 0.5) is 4.79 Å². The van der Waals surface area contributed by atoms with Crippen molar-refractivity contribution >= 4 is 12.0 Å². The second-order valence-corrected chi connectivity index (χ2v) is 5.90. The number of carbonyl (C=O) groups excluding carboxylic acids is 2. The second kappa shape index (κ2) is 6.55. The van der Waals surface area contributed by atoms with Gasteiger partial charge >= 0.3 is 12.0 Å². The van der Waals surface area contributed by atoms with E-state index >= 15 is 0 Å². The van der Waals surface area contributed by atoms with Gasteiger partial charge in [-0.3, -0.25) is 4.90 Å². The minimum atomic E-state index is -0.487. The molecule has 2 atom stereocenters. The average Bonchev–Trinajstić information content (AvgIpc) is 2.55. The minimum Gasteiger partial charge on any atom is -0.470 e. The van der Waals surface area contributed by atoms with Crippen LogP contribution < -0.4 is 10.1 Å². The lowest BCUT2D eigenvalue weighted by molar-refractivity contribution is -0.140. The van der Waals surface area contributed by atoms with E-state index in [-0.39, 0.29) is 12.6 Å². The maximum absolute atomic E-state index is 12.6. The molecule has 0 bridgehead atoms. The Morgan fingerprint density at radius 2 is 2.08 bits per heavy atom. The third-order valence-electron chi connectivity index (χ3n) is 4.30. The summed E-state index contributed by atoms with van der Waals surface area (Å²) in [4.78, 5) is 26.8. The topological polar surface area (TPSA) is 67.9 Å². The Morgan fingerprint density at radius 3 is 2.79 bits per heavy atom. The molecule has 0 saturated heterocycles. The largest absolute Gasteiger partial charge is 0.470 e. The van der Waals surface area contributed by atoms with Gasteiger partial charge in [0, 0.05) is 17.7 Å². The molecule has 1 aromatic carbocycles. The predicted octanol–water partition coefficient (Wildman–Crippen LogP) is 3.11. The normalized spacial score (nSPS) is 22.3. The fourth-order valence-electron chi connectivity index (χ4n) is 3.29. The van der Waals surface area contributed by atoms with Crippen molar-refractivity contribution in [2.75, 3.05) is 6.61 Å². The number of hydrogen-bond donors (Lipinski definition) is 1. The fourth-order valence-corrected chi connectivity index (χ4v) is 3.29. The highest BCUT2D eigenvalue weighted by molar-refractivity contribution is 5.95. The second-order valence-electron chi connectivity index (χ2n) is 5.90. The van der Waals surface area contributed by atoms with E-state index in [9.17, 15) is 9.59 Å². The smallest absolute Gasteiger partial charge is 0.338 e. The van der Waals surface area contributed by atoms with Gasteiger partial charge in [-0.2, -0.15) is 0 Å². The number of carbonyl (C=O) groups is 2. The molecule has 0 spiro atoms. The van der Waals surface area contributed by atoms with Crippen LogP contribution in [0.2, 0.25) is 0 Å². The lowest BCUT2D eigenvalue weighted by atomic mass is 9.91. The Labute approximate surface area is 141 Å². The molecule has 3 rings (SSSR count). The maximum Gasteiger partial charge on any atom is 0.338 e. The van der Waals surface area contributed by atoms with Crippen molar-refractivity contribution in [3.63, 3.8) is 0 Å². The zero-order valence-electron chi connectivity index (χ0n) is 14.2. The first-order valence-corrected chi connectivity index (χ1v) is 8.31. The van der Waals surface area contributed by atoms with Crippen molar-refractivity contribution in [3.05, 3.63) is 41.1 Å². The first kappa shape index (κ1) is 16.4. The highest BCUT2D eigenvalue weighted by Crippen LogP contribution is 2.44. The van der Waals surface area contributed by atoms with Crippen LogP contribution in [0.1, 0.15) is 45.2 Å². The van der Waals surface area contributed by atoms with Crippen molar-refractivity contribution in [3.8, 4) is 5.75 Å². The maximum atomic E-state index is 12.6. The molecule has 0 saturated carbocycles. The summed E-state index contributed by atoms with van der Waals surface area (Å²) in [5.41, 5.74) is 1.81. The molecule has 2 amide bonds. The summed E-state index contributed by atoms with van der Waals surface area (Å²) in [6.07, 6.45) is 1.14. The third-order valence-corrected chi connectivity index (χ3v) is 4.30. The Kier molecular flexibility index (Phi) is 4.46. The predicted molar refractivity (Wildman–Crippen MR) is 88.2 cm³/mol. The van der Waals surface area contributed by atoms with Crippen LogP contribution in [0, 0.1) is 0 Å². The van der Waals surface area contributed by atoms with E-state index in [2.05, 4.69) is 5.32 Å². The molecule has 1 N–H and O–H groups in total. The SMILES string of the molecule is CCCC1Oc2ccccc2C2C(C(=O)OCC)=C(C)NC(=O)N12. The molecule has 2 aliphatic rings. The molecule has 24 heavy (non-hydrogen) atoms. The summed E-state index contributed by atoms with van der Waals surface area (Å²) in [7, 11) is 0. The van der Waals surface area contributed by atoms with Gasteiger partial charge in [-0.1, -0.05) is 31.5 Å². The van der Waals surface area contributed by atoms with Crippen LogP contribution in [-0.4, -0.2) is 29.7 Å². The minimum absolute atomic E-state index is 0.251. The number of allylic oxidation sites excluding steroid dienone is 1. The molecule has 0 fully saturated rings. The van der Waals surface area contributed by atoms with Crippen LogP contribution in [0.3, 0.4) is 0 Å². The van der Waals surface area contributed by atoms with E-state index in [1.165, 1.54) is 0 Å². The van der Waals surface area contributed by atoms with Crippen molar-refractivity contribution in [1.29, 1.82) is 0 Å². The van der Waals surface area contributed by atoms with E-state index in [4.69, 9.17) is 9.47 Å². The quantitative estimate of drug-likeness (QED) is 0.861. The number of esters is 1. The van der Waals surface area contributed by atoms with Gasteiger partial charge < -0.3 is 14.8 Å². The third kappa shape index (κ3) is 2.62. The number of hydrogen-bond acceptors (Lipinski definition) is 4. The van der Waals surface area contributed by atoms with E-state index in [0.29, 0.717) is 23.4 Å². The summed E-state index contributed by atoms with van der Waals surface area (Å²) >= 11 is 0. The number of amides is 2. The molecule has 128 valence electrons. The Morgan fingerprint density at radius 1 is 1.33 bits per heavy atom. The summed E-state index contributed by atoms with van der Waals surface area (Å²) < 4.78 is 11.3. The highest BCUT2D eigenvalue weighted by Gasteiger charge is 2.46. The number of nitrogens with zero attached hydrogens (tertiary/aromatic N) is 1. The molecule has 0 aliphatic carbocycles. The van der Waals surface area contributed by atoms with Gasteiger partial charge in [0.25, 0.3) is 0 Å². The summed E-state index contributed by atoms with van der Waals surface area (Å²) in [6.45, 7) is 5.82. The molecular weight excluding hydrogens is 308 g/mol. The molecule has 1 aromatic rings. The standard InChI is InChI=1S/C18H22N2O4/c1-4-8-14-20-16(12-9-6-7-10-13(12)24-14)15(17(21)23-5-2)11(3)19-18(20)22/h6-7,9-10,14,16H,4-5,8H2,1-3H3,(H,19,22). The molecule has 0 aromatic heterocycles. The number of para-hydroxylation sites is 1. The number of nitrogens with one attached hydrogen (secondary N) is 1. The summed E-state index contributed by atoms with van der Waals surface area (Å²) in [5.74, 6) is 0.304. The van der Waals surface area contributed by atoms with Gasteiger partial charge in [-0.05, 0) is 19.9 Å². The van der Waals surface area contributed by atoms with Crippen LogP contribution in [0.5, 0.6) is 5.75 Å². The van der Waals surface area contributed by atoms with Crippen molar-refractivity contribution in [2.45, 2.75) is 45.9 Å². The molecule has 6 nitrogen and oxygen atoms in total. The van der Waals surface area contributed by atoms with Gasteiger partial charge in [-0.15, -0.1) is 0 Å². The number of rotatable bonds is 4. The Hall–Kier alpha value is -2.50. The van der Waals surface area contributed by atoms with Crippen LogP contribution in [0.15, 0.2) is 35.5 Å². The fraction of sp³-hybridized carbons (Fsp3) is 0.444.